The van der Waals surface area contributed by atoms with Gasteiger partial charge in [0.2, 0.25) is 5.17 Å². The summed E-state index contributed by atoms with van der Waals surface area (Å²) in [6, 6.07) is 14.7. The molecule has 2 aliphatic heterocycles. The number of benzene rings is 2. The largest absolute Gasteiger partial charge is 0.493 e. The fourth-order valence-corrected chi connectivity index (χ4v) is 4.26. The van der Waals surface area contributed by atoms with Crippen molar-refractivity contribution in [3.63, 3.8) is 0 Å². The number of thioether (sulfide) groups is 1. The van der Waals surface area contributed by atoms with Crippen molar-refractivity contribution in [2.24, 2.45) is 10.1 Å². The van der Waals surface area contributed by atoms with Crippen LogP contribution in [-0.4, -0.2) is 47.3 Å². The molecule has 0 aromatic heterocycles. The summed E-state index contributed by atoms with van der Waals surface area (Å²) in [4.78, 5) is 16.7. The van der Waals surface area contributed by atoms with Crippen molar-refractivity contribution in [1.29, 1.82) is 5.41 Å². The predicted octanol–water partition coefficient (Wildman–Crippen LogP) is 4.96. The van der Waals surface area contributed by atoms with Crippen LogP contribution in [0.15, 0.2) is 64.2 Å². The van der Waals surface area contributed by atoms with Crippen molar-refractivity contribution in [2.75, 3.05) is 20.3 Å². The van der Waals surface area contributed by atoms with Crippen molar-refractivity contribution in [2.45, 2.75) is 26.2 Å². The monoisotopic (exact) mass is 478 g/mol. The molecule has 0 unspecified atom stereocenters. The minimum atomic E-state index is -0.426. The Bertz CT molecular complexity index is 1160. The van der Waals surface area contributed by atoms with Crippen LogP contribution in [0.3, 0.4) is 0 Å². The molecule has 0 spiro atoms. The zero-order valence-electron chi connectivity index (χ0n) is 19.1. The van der Waals surface area contributed by atoms with Crippen LogP contribution >= 0.6 is 11.8 Å². The maximum Gasteiger partial charge on any atom is 0.283 e. The molecule has 2 aliphatic rings. The lowest BCUT2D eigenvalue weighted by molar-refractivity contribution is -0.114. The molecule has 2 aromatic rings. The second-order valence-corrected chi connectivity index (χ2v) is 8.57. The number of hydrogen-bond donors (Lipinski definition) is 1. The Kier molecular flexibility index (Phi) is 7.64. The van der Waals surface area contributed by atoms with Gasteiger partial charge in [0.25, 0.3) is 5.91 Å². The number of aliphatic imine (C=N–C) groups is 1. The van der Waals surface area contributed by atoms with Crippen LogP contribution in [0.4, 0.5) is 0 Å². The fourth-order valence-electron chi connectivity index (χ4n) is 3.34. The molecule has 1 N–H and O–H groups in total. The van der Waals surface area contributed by atoms with Crippen LogP contribution in [-0.2, 0) is 4.79 Å². The van der Waals surface area contributed by atoms with E-state index in [2.05, 4.69) is 17.0 Å². The normalized spacial score (nSPS) is 16.3. The molecule has 9 heteroatoms. The van der Waals surface area contributed by atoms with Gasteiger partial charge in [0.1, 0.15) is 24.0 Å². The third-order valence-corrected chi connectivity index (χ3v) is 6.08. The quantitative estimate of drug-likeness (QED) is 0.383. The van der Waals surface area contributed by atoms with Gasteiger partial charge >= 0.3 is 0 Å². The molecule has 0 fully saturated rings. The van der Waals surface area contributed by atoms with Gasteiger partial charge in [0.15, 0.2) is 17.3 Å². The number of ether oxygens (including phenoxy) is 3. The topological polar surface area (TPSA) is 96.6 Å². The Hall–Kier alpha value is -3.59. The van der Waals surface area contributed by atoms with E-state index < -0.39 is 5.91 Å². The second kappa shape index (κ2) is 11.0. The lowest BCUT2D eigenvalue weighted by atomic mass is 10.1. The number of methoxy groups -OCH3 is 1. The summed E-state index contributed by atoms with van der Waals surface area (Å²) in [5.74, 6) is 1.64. The van der Waals surface area contributed by atoms with E-state index in [1.807, 2.05) is 48.5 Å². The van der Waals surface area contributed by atoms with Crippen molar-refractivity contribution in [3.8, 4) is 17.2 Å². The van der Waals surface area contributed by atoms with Gasteiger partial charge in [0, 0.05) is 0 Å². The first kappa shape index (κ1) is 23.6. The Morgan fingerprint density at radius 1 is 1.06 bits per heavy atom. The molecule has 0 radical (unpaired) electrons. The Balaban J connectivity index is 1.35. The van der Waals surface area contributed by atoms with Crippen molar-refractivity contribution < 1.29 is 19.0 Å². The van der Waals surface area contributed by atoms with E-state index in [4.69, 9.17) is 19.6 Å². The Morgan fingerprint density at radius 3 is 2.53 bits per heavy atom. The standard InChI is InChI=1S/C25H26N4O4S/c1-3-4-9-22-28-29-23(26)19(24(30)27-25(29)34-22)16-17-10-12-18(13-11-17)32-14-15-33-21-8-6-5-7-20(21)31-2/h5-8,10-13,16,26H,3-4,9,14-15H2,1-2H3. The molecule has 34 heavy (non-hydrogen) atoms. The van der Waals surface area contributed by atoms with Gasteiger partial charge in [0.05, 0.1) is 12.7 Å². The van der Waals surface area contributed by atoms with Gasteiger partial charge in [-0.05, 0) is 60.5 Å². The van der Waals surface area contributed by atoms with E-state index in [0.717, 1.165) is 29.9 Å². The number of para-hydroxylation sites is 2. The molecular formula is C25H26N4O4S. The van der Waals surface area contributed by atoms with Crippen LogP contribution in [0.2, 0.25) is 0 Å². The maximum atomic E-state index is 12.5. The van der Waals surface area contributed by atoms with E-state index in [1.165, 1.54) is 16.8 Å². The minimum absolute atomic E-state index is 0.0443. The summed E-state index contributed by atoms with van der Waals surface area (Å²) in [5, 5.41) is 15.7. The van der Waals surface area contributed by atoms with Crippen molar-refractivity contribution in [3.05, 3.63) is 59.7 Å². The molecule has 2 heterocycles. The number of carbonyl (C=O) groups excluding carboxylic acids is 1. The second-order valence-electron chi connectivity index (χ2n) is 7.53. The Morgan fingerprint density at radius 2 is 1.79 bits per heavy atom. The summed E-state index contributed by atoms with van der Waals surface area (Å²) in [6.45, 7) is 2.85. The predicted molar refractivity (Wildman–Crippen MR) is 135 cm³/mol. The van der Waals surface area contributed by atoms with Crippen LogP contribution in [0.25, 0.3) is 6.08 Å². The molecule has 1 amide bonds. The van der Waals surface area contributed by atoms with Gasteiger partial charge < -0.3 is 14.2 Å². The van der Waals surface area contributed by atoms with Crippen LogP contribution in [0.5, 0.6) is 17.2 Å². The Labute approximate surface area is 202 Å². The van der Waals surface area contributed by atoms with Crippen molar-refractivity contribution >= 4 is 39.8 Å². The average molecular weight is 479 g/mol. The number of carbonyl (C=O) groups is 1. The highest BCUT2D eigenvalue weighted by Crippen LogP contribution is 2.30. The summed E-state index contributed by atoms with van der Waals surface area (Å²) in [6.07, 6.45) is 4.55. The number of hydrogen-bond acceptors (Lipinski definition) is 7. The minimum Gasteiger partial charge on any atom is -0.493 e. The smallest absolute Gasteiger partial charge is 0.283 e. The number of amides is 1. The number of fused-ring (bicyclic) bond motifs is 1. The summed E-state index contributed by atoms with van der Waals surface area (Å²) >= 11 is 1.37. The maximum absolute atomic E-state index is 12.5. The number of rotatable bonds is 10. The molecular weight excluding hydrogens is 452 g/mol. The van der Waals surface area contributed by atoms with Gasteiger partial charge in [-0.3, -0.25) is 10.2 Å². The van der Waals surface area contributed by atoms with Gasteiger partial charge in [-0.2, -0.15) is 15.1 Å². The SMILES string of the molecule is CCCCC1=NN2C(=N)C(=Cc3ccc(OCCOc4ccccc4OC)cc3)C(=O)N=C2S1. The van der Waals surface area contributed by atoms with E-state index in [9.17, 15) is 4.79 Å². The molecule has 0 bridgehead atoms. The molecule has 4 rings (SSSR count). The molecule has 0 saturated heterocycles. The molecule has 0 saturated carbocycles. The summed E-state index contributed by atoms with van der Waals surface area (Å²) in [7, 11) is 1.60. The first-order chi connectivity index (χ1) is 16.6. The van der Waals surface area contributed by atoms with Crippen LogP contribution in [0.1, 0.15) is 31.7 Å². The zero-order valence-corrected chi connectivity index (χ0v) is 19.9. The van der Waals surface area contributed by atoms with Crippen LogP contribution in [0, 0.1) is 5.41 Å². The molecule has 8 nitrogen and oxygen atoms in total. The zero-order chi connectivity index (χ0) is 23.9. The van der Waals surface area contributed by atoms with E-state index >= 15 is 0 Å². The first-order valence-corrected chi connectivity index (χ1v) is 11.9. The highest BCUT2D eigenvalue weighted by molar-refractivity contribution is 8.26. The lowest BCUT2D eigenvalue weighted by Gasteiger charge is -2.20. The van der Waals surface area contributed by atoms with Gasteiger partial charge in [-0.1, -0.05) is 37.6 Å². The molecule has 2 aromatic carbocycles. The number of nitrogens with zero attached hydrogens (tertiary/aromatic N) is 3. The number of hydrazone groups is 1. The highest BCUT2D eigenvalue weighted by atomic mass is 32.2. The van der Waals surface area contributed by atoms with E-state index in [1.54, 1.807) is 13.2 Å². The third kappa shape index (κ3) is 5.48. The van der Waals surface area contributed by atoms with Gasteiger partial charge in [-0.25, -0.2) is 0 Å². The summed E-state index contributed by atoms with van der Waals surface area (Å²) < 4.78 is 16.7. The lowest BCUT2D eigenvalue weighted by Crippen LogP contribution is -2.35. The fraction of sp³-hybridized carbons (Fsp3) is 0.280. The summed E-state index contributed by atoms with van der Waals surface area (Å²) in [5.41, 5.74) is 0.982. The van der Waals surface area contributed by atoms with Crippen molar-refractivity contribution in [1.82, 2.24) is 5.01 Å². The average Bonchev–Trinajstić information content (AvgIpc) is 3.27. The number of nitrogens with one attached hydrogen (secondary N) is 1. The number of unbranched alkanes of at least 4 members (excludes halogenated alkanes) is 1. The van der Waals surface area contributed by atoms with Crippen LogP contribution < -0.4 is 14.2 Å². The molecule has 0 aliphatic carbocycles. The third-order valence-electron chi connectivity index (χ3n) is 5.11. The first-order valence-electron chi connectivity index (χ1n) is 11.1. The molecule has 176 valence electrons. The highest BCUT2D eigenvalue weighted by Gasteiger charge is 2.35. The number of amidine groups is 2. The molecule has 0 atom stereocenters. The van der Waals surface area contributed by atoms with E-state index in [-0.39, 0.29) is 11.4 Å². The van der Waals surface area contributed by atoms with E-state index in [0.29, 0.717) is 35.6 Å². The van der Waals surface area contributed by atoms with Gasteiger partial charge in [-0.15, -0.1) is 0 Å².